The zero-order chi connectivity index (χ0) is 24.1. The number of hydroxylamine groups is 2. The number of ether oxygens (including phenoxy) is 1. The molecular formula is C24H29N3O6S. The van der Waals surface area contributed by atoms with E-state index in [1.165, 1.54) is 0 Å². The fourth-order valence-corrected chi connectivity index (χ4v) is 5.99. The number of benzene rings is 1. The molecule has 10 heteroatoms. The molecule has 2 aromatic heterocycles. The molecular weight excluding hydrogens is 458 g/mol. The molecule has 182 valence electrons. The van der Waals surface area contributed by atoms with E-state index in [2.05, 4.69) is 10.3 Å². The van der Waals surface area contributed by atoms with Crippen LogP contribution in [-0.2, 0) is 21.1 Å². The van der Waals surface area contributed by atoms with Gasteiger partial charge in [-0.1, -0.05) is 12.1 Å². The molecule has 2 atom stereocenters. The molecule has 2 unspecified atom stereocenters. The van der Waals surface area contributed by atoms with Crippen LogP contribution in [-0.4, -0.2) is 61.1 Å². The van der Waals surface area contributed by atoms with E-state index >= 15 is 0 Å². The van der Waals surface area contributed by atoms with Crippen LogP contribution in [0.15, 0.2) is 58.1 Å². The predicted molar refractivity (Wildman–Crippen MR) is 125 cm³/mol. The Labute approximate surface area is 198 Å². The van der Waals surface area contributed by atoms with Gasteiger partial charge in [0.2, 0.25) is 0 Å². The van der Waals surface area contributed by atoms with E-state index in [4.69, 9.17) is 9.15 Å². The van der Waals surface area contributed by atoms with Gasteiger partial charge in [-0.25, -0.2) is 8.42 Å². The lowest BCUT2D eigenvalue weighted by atomic mass is 9.97. The summed E-state index contributed by atoms with van der Waals surface area (Å²) in [5, 5.41) is 13.4. The molecule has 34 heavy (non-hydrogen) atoms. The summed E-state index contributed by atoms with van der Waals surface area (Å²) >= 11 is 0. The monoisotopic (exact) mass is 487 g/mol. The molecule has 0 aliphatic heterocycles. The van der Waals surface area contributed by atoms with E-state index in [1.807, 2.05) is 0 Å². The highest BCUT2D eigenvalue weighted by Gasteiger charge is 2.33. The molecule has 1 saturated carbocycles. The first-order valence-corrected chi connectivity index (χ1v) is 12.8. The largest absolute Gasteiger partial charge is 0.449 e. The molecule has 0 spiro atoms. The Hall–Kier alpha value is -2.79. The summed E-state index contributed by atoms with van der Waals surface area (Å²) in [6.45, 7) is 0.975. The van der Waals surface area contributed by atoms with Crippen molar-refractivity contribution in [2.24, 2.45) is 0 Å². The number of pyridine rings is 1. The second-order valence-corrected chi connectivity index (χ2v) is 10.8. The molecule has 1 aliphatic rings. The lowest BCUT2D eigenvalue weighted by molar-refractivity contribution is -0.0904. The van der Waals surface area contributed by atoms with Crippen LogP contribution >= 0.6 is 0 Å². The Morgan fingerprint density at radius 3 is 2.79 bits per heavy atom. The van der Waals surface area contributed by atoms with E-state index in [1.54, 1.807) is 55.8 Å². The van der Waals surface area contributed by atoms with Gasteiger partial charge in [0, 0.05) is 31.7 Å². The quantitative estimate of drug-likeness (QED) is 0.441. The number of carbonyl (C=O) groups is 1. The van der Waals surface area contributed by atoms with Crippen molar-refractivity contribution in [3.63, 3.8) is 0 Å². The average Bonchev–Trinajstić information content (AvgIpc) is 3.27. The lowest BCUT2D eigenvalue weighted by Crippen LogP contribution is -2.33. The molecule has 2 N–H and O–H groups in total. The number of fused-ring (bicyclic) bond motifs is 1. The smallest absolute Gasteiger partial charge is 0.287 e. The van der Waals surface area contributed by atoms with E-state index in [0.29, 0.717) is 31.6 Å². The fourth-order valence-electron chi connectivity index (χ4n) is 4.14. The van der Waals surface area contributed by atoms with Gasteiger partial charge in [-0.05, 0) is 55.5 Å². The van der Waals surface area contributed by atoms with Crippen LogP contribution in [0.5, 0.6) is 0 Å². The van der Waals surface area contributed by atoms with Gasteiger partial charge in [0.25, 0.3) is 5.91 Å². The molecule has 1 amide bonds. The SMILES string of the molecule is CN(O)CCOC1CCCC(S(=O)(=O)c2ccc(CNC(=O)c3cc4ccncc4o3)cc2)C1. The highest BCUT2D eigenvalue weighted by Crippen LogP contribution is 2.30. The van der Waals surface area contributed by atoms with Crippen molar-refractivity contribution in [1.82, 2.24) is 15.4 Å². The number of likely N-dealkylation sites (N-methyl/N-ethyl adjacent to an activating group) is 1. The highest BCUT2D eigenvalue weighted by atomic mass is 32.2. The van der Waals surface area contributed by atoms with Gasteiger partial charge in [-0.2, -0.15) is 5.06 Å². The summed E-state index contributed by atoms with van der Waals surface area (Å²) in [4.78, 5) is 16.7. The number of furan rings is 1. The standard InChI is InChI=1S/C24H29N3O6S/c1-27(29)11-12-32-19-3-2-4-21(14-19)34(30,31)20-7-5-17(6-8-20)15-26-24(28)22-13-18-9-10-25-16-23(18)33-22/h5-10,13,16,19,21,29H,2-4,11-12,14-15H2,1H3,(H,26,28). The molecule has 9 nitrogen and oxygen atoms in total. The van der Waals surface area contributed by atoms with Crippen LogP contribution in [0.25, 0.3) is 11.0 Å². The normalized spacial score (nSPS) is 18.9. The third kappa shape index (κ3) is 5.82. The zero-order valence-corrected chi connectivity index (χ0v) is 19.8. The van der Waals surface area contributed by atoms with Crippen molar-refractivity contribution in [3.8, 4) is 0 Å². The van der Waals surface area contributed by atoms with Gasteiger partial charge in [0.05, 0.1) is 29.1 Å². The number of rotatable bonds is 9. The van der Waals surface area contributed by atoms with E-state index in [-0.39, 0.29) is 29.2 Å². The number of hydrogen-bond acceptors (Lipinski definition) is 8. The topological polar surface area (TPSA) is 122 Å². The Morgan fingerprint density at radius 2 is 2.06 bits per heavy atom. The lowest BCUT2D eigenvalue weighted by Gasteiger charge is -2.29. The Balaban J connectivity index is 1.34. The van der Waals surface area contributed by atoms with Gasteiger partial charge in [-0.15, -0.1) is 0 Å². The second kappa shape index (κ2) is 10.6. The van der Waals surface area contributed by atoms with Gasteiger partial charge < -0.3 is 19.7 Å². The van der Waals surface area contributed by atoms with Crippen molar-refractivity contribution >= 4 is 26.7 Å². The fraction of sp³-hybridized carbons (Fsp3) is 0.417. The highest BCUT2D eigenvalue weighted by molar-refractivity contribution is 7.92. The molecule has 1 fully saturated rings. The second-order valence-electron chi connectivity index (χ2n) is 8.56. The summed E-state index contributed by atoms with van der Waals surface area (Å²) < 4.78 is 37.6. The van der Waals surface area contributed by atoms with Gasteiger partial charge in [0.15, 0.2) is 21.2 Å². The van der Waals surface area contributed by atoms with Gasteiger partial charge in [-0.3, -0.25) is 9.78 Å². The average molecular weight is 488 g/mol. The van der Waals surface area contributed by atoms with Crippen molar-refractivity contribution in [2.75, 3.05) is 20.2 Å². The summed E-state index contributed by atoms with van der Waals surface area (Å²) in [7, 11) is -1.95. The first kappa shape index (κ1) is 24.3. The minimum atomic E-state index is -3.49. The summed E-state index contributed by atoms with van der Waals surface area (Å²) in [6.07, 6.45) is 5.71. The minimum absolute atomic E-state index is 0.128. The maximum absolute atomic E-state index is 13.2. The zero-order valence-electron chi connectivity index (χ0n) is 19.0. The Morgan fingerprint density at radius 1 is 1.26 bits per heavy atom. The van der Waals surface area contributed by atoms with Crippen LogP contribution in [0.1, 0.15) is 41.8 Å². The maximum atomic E-state index is 13.2. The number of sulfone groups is 1. The summed E-state index contributed by atoms with van der Waals surface area (Å²) in [5.41, 5.74) is 1.32. The molecule has 4 rings (SSSR count). The Bertz CT molecular complexity index is 1190. The molecule has 2 heterocycles. The van der Waals surface area contributed by atoms with Crippen LogP contribution in [0.4, 0.5) is 0 Å². The number of aromatic nitrogens is 1. The molecule has 0 radical (unpaired) electrons. The van der Waals surface area contributed by atoms with Crippen LogP contribution in [0.3, 0.4) is 0 Å². The Kier molecular flexibility index (Phi) is 7.62. The third-order valence-corrected chi connectivity index (χ3v) is 8.27. The van der Waals surface area contributed by atoms with E-state index in [0.717, 1.165) is 28.9 Å². The predicted octanol–water partition coefficient (Wildman–Crippen LogP) is 3.18. The van der Waals surface area contributed by atoms with Crippen molar-refractivity contribution < 1.29 is 27.6 Å². The molecule has 1 aliphatic carbocycles. The minimum Gasteiger partial charge on any atom is -0.449 e. The van der Waals surface area contributed by atoms with Gasteiger partial charge in [0.1, 0.15) is 0 Å². The van der Waals surface area contributed by atoms with Gasteiger partial charge >= 0.3 is 0 Å². The van der Waals surface area contributed by atoms with E-state index in [9.17, 15) is 18.4 Å². The maximum Gasteiger partial charge on any atom is 0.287 e. The number of carbonyl (C=O) groups excluding carboxylic acids is 1. The first-order chi connectivity index (χ1) is 16.3. The molecule has 1 aromatic carbocycles. The van der Waals surface area contributed by atoms with Crippen LogP contribution < -0.4 is 5.32 Å². The van der Waals surface area contributed by atoms with Crippen molar-refractivity contribution in [1.29, 1.82) is 0 Å². The molecule has 3 aromatic rings. The third-order valence-electron chi connectivity index (χ3n) is 6.04. The number of amides is 1. The van der Waals surface area contributed by atoms with Crippen molar-refractivity contribution in [3.05, 3.63) is 60.1 Å². The number of nitrogens with zero attached hydrogens (tertiary/aromatic N) is 2. The first-order valence-electron chi connectivity index (χ1n) is 11.3. The summed E-state index contributed by atoms with van der Waals surface area (Å²) in [6, 6.07) is 10.0. The molecule has 0 saturated heterocycles. The summed E-state index contributed by atoms with van der Waals surface area (Å²) in [5.74, 6) is -0.157. The number of hydrogen-bond donors (Lipinski definition) is 2. The molecule has 0 bridgehead atoms. The van der Waals surface area contributed by atoms with Crippen molar-refractivity contribution in [2.45, 2.75) is 48.5 Å². The van der Waals surface area contributed by atoms with E-state index < -0.39 is 15.1 Å². The van der Waals surface area contributed by atoms with Crippen LogP contribution in [0, 0.1) is 0 Å². The number of nitrogens with one attached hydrogen (secondary N) is 1. The van der Waals surface area contributed by atoms with Crippen LogP contribution in [0.2, 0.25) is 0 Å².